The average Bonchev–Trinajstić information content (AvgIpc) is 2.37. The lowest BCUT2D eigenvalue weighted by Crippen LogP contribution is -2.18. The molecule has 0 aromatic carbocycles. The molecule has 3 N–H and O–H groups in total. The molecule has 1 aromatic heterocycles. The highest BCUT2D eigenvalue weighted by Crippen LogP contribution is 2.22. The number of aromatic nitrogens is 1. The van der Waals surface area contributed by atoms with E-state index in [2.05, 4.69) is 10.1 Å². The second-order valence-corrected chi connectivity index (χ2v) is 4.17. The zero-order valence-electron chi connectivity index (χ0n) is 11.6. The van der Waals surface area contributed by atoms with Crippen molar-refractivity contribution >= 4 is 5.84 Å². The van der Waals surface area contributed by atoms with Crippen LogP contribution in [0.1, 0.15) is 30.3 Å². The van der Waals surface area contributed by atoms with Crippen LogP contribution in [0.4, 0.5) is 0 Å². The molecule has 0 saturated carbocycles. The van der Waals surface area contributed by atoms with E-state index >= 15 is 0 Å². The van der Waals surface area contributed by atoms with Gasteiger partial charge in [-0.1, -0.05) is 12.1 Å². The molecule has 1 aromatic rings. The molecule has 106 valence electrons. The van der Waals surface area contributed by atoms with E-state index in [9.17, 15) is 0 Å². The first-order valence-corrected chi connectivity index (χ1v) is 6.26. The number of amidine groups is 1. The Labute approximate surface area is 113 Å². The summed E-state index contributed by atoms with van der Waals surface area (Å²) < 4.78 is 11.0. The molecule has 1 rings (SSSR count). The molecule has 0 aliphatic carbocycles. The summed E-state index contributed by atoms with van der Waals surface area (Å²) in [7, 11) is 0. The number of pyridine rings is 1. The molecular formula is C13H21N3O3. The molecule has 0 amide bonds. The Morgan fingerprint density at radius 2 is 2.11 bits per heavy atom. The van der Waals surface area contributed by atoms with E-state index in [1.807, 2.05) is 13.8 Å². The van der Waals surface area contributed by atoms with Crippen molar-refractivity contribution in [2.45, 2.75) is 27.2 Å². The molecule has 0 aliphatic heterocycles. The first kappa shape index (κ1) is 15.2. The summed E-state index contributed by atoms with van der Waals surface area (Å²) in [6, 6.07) is 1.76. The van der Waals surface area contributed by atoms with E-state index in [-0.39, 0.29) is 5.84 Å². The predicted octanol–water partition coefficient (Wildman–Crippen LogP) is 1.60. The summed E-state index contributed by atoms with van der Waals surface area (Å²) in [5.41, 5.74) is 7.65. The van der Waals surface area contributed by atoms with Crippen molar-refractivity contribution in [3.05, 3.63) is 23.0 Å². The van der Waals surface area contributed by atoms with Gasteiger partial charge in [0.25, 0.3) is 0 Å². The summed E-state index contributed by atoms with van der Waals surface area (Å²) >= 11 is 0. The molecule has 1 heterocycles. The van der Waals surface area contributed by atoms with Crippen molar-refractivity contribution in [1.82, 2.24) is 4.98 Å². The van der Waals surface area contributed by atoms with Crippen molar-refractivity contribution < 1.29 is 14.7 Å². The van der Waals surface area contributed by atoms with Gasteiger partial charge in [-0.15, -0.1) is 0 Å². The summed E-state index contributed by atoms with van der Waals surface area (Å²) in [6.45, 7) is 7.33. The van der Waals surface area contributed by atoms with Crippen molar-refractivity contribution in [2.75, 3.05) is 19.8 Å². The quantitative estimate of drug-likeness (QED) is 0.257. The first-order chi connectivity index (χ1) is 9.10. The van der Waals surface area contributed by atoms with Gasteiger partial charge in [0.15, 0.2) is 5.84 Å². The van der Waals surface area contributed by atoms with Gasteiger partial charge in [0.05, 0.1) is 17.9 Å². The first-order valence-electron chi connectivity index (χ1n) is 6.26. The summed E-state index contributed by atoms with van der Waals surface area (Å²) in [5.74, 6) is 0.551. The minimum Gasteiger partial charge on any atom is -0.490 e. The molecule has 0 saturated heterocycles. The molecule has 0 unspecified atom stereocenters. The van der Waals surface area contributed by atoms with Gasteiger partial charge in [0.1, 0.15) is 12.4 Å². The second kappa shape index (κ2) is 7.58. The van der Waals surface area contributed by atoms with E-state index in [0.29, 0.717) is 36.8 Å². The van der Waals surface area contributed by atoms with E-state index < -0.39 is 0 Å². The maximum absolute atomic E-state index is 8.80. The van der Waals surface area contributed by atoms with E-state index in [1.54, 1.807) is 13.0 Å². The topological polar surface area (TPSA) is 90.0 Å². The number of rotatable bonds is 7. The minimum atomic E-state index is -0.00511. The van der Waals surface area contributed by atoms with Gasteiger partial charge in [0.2, 0.25) is 0 Å². The Morgan fingerprint density at radius 3 is 2.74 bits per heavy atom. The van der Waals surface area contributed by atoms with E-state index in [0.717, 1.165) is 12.1 Å². The fraction of sp³-hybridized carbons (Fsp3) is 0.538. The highest BCUT2D eigenvalue weighted by atomic mass is 16.5. The van der Waals surface area contributed by atoms with Gasteiger partial charge in [0, 0.05) is 18.4 Å². The van der Waals surface area contributed by atoms with Crippen LogP contribution in [-0.4, -0.2) is 35.8 Å². The molecule has 6 nitrogen and oxygen atoms in total. The molecule has 0 spiro atoms. The largest absolute Gasteiger partial charge is 0.490 e. The standard InChI is InChI=1S/C13H21N3O3/c1-4-5-18-6-7-19-11-8-9(2)15-10(3)12(11)13(14)16-17/h8,17H,4-7H2,1-3H3,(H2,14,16). The number of ether oxygens (including phenoxy) is 2. The van der Waals surface area contributed by atoms with Crippen molar-refractivity contribution in [3.63, 3.8) is 0 Å². The Kier molecular flexibility index (Phi) is 6.08. The molecule has 0 aliphatic rings. The van der Waals surface area contributed by atoms with Gasteiger partial charge in [-0.3, -0.25) is 4.98 Å². The van der Waals surface area contributed by atoms with Crippen LogP contribution in [0.2, 0.25) is 0 Å². The monoisotopic (exact) mass is 267 g/mol. The third-order valence-electron chi connectivity index (χ3n) is 2.49. The number of oxime groups is 1. The molecular weight excluding hydrogens is 246 g/mol. The zero-order valence-corrected chi connectivity index (χ0v) is 11.6. The van der Waals surface area contributed by atoms with Crippen molar-refractivity contribution in [2.24, 2.45) is 10.9 Å². The molecule has 6 heteroatoms. The number of hydrogen-bond acceptors (Lipinski definition) is 5. The maximum Gasteiger partial charge on any atom is 0.175 e. The Hall–Kier alpha value is -1.82. The van der Waals surface area contributed by atoms with Gasteiger partial charge in [-0.2, -0.15) is 0 Å². The van der Waals surface area contributed by atoms with Crippen LogP contribution in [0.25, 0.3) is 0 Å². The molecule has 0 atom stereocenters. The van der Waals surface area contributed by atoms with Crippen molar-refractivity contribution in [1.29, 1.82) is 0 Å². The third kappa shape index (κ3) is 4.40. The van der Waals surface area contributed by atoms with Crippen LogP contribution in [0.15, 0.2) is 11.2 Å². The van der Waals surface area contributed by atoms with E-state index in [1.165, 1.54) is 0 Å². The van der Waals surface area contributed by atoms with Crippen LogP contribution < -0.4 is 10.5 Å². The third-order valence-corrected chi connectivity index (χ3v) is 2.49. The lowest BCUT2D eigenvalue weighted by Gasteiger charge is -2.13. The van der Waals surface area contributed by atoms with Crippen LogP contribution in [-0.2, 0) is 4.74 Å². The average molecular weight is 267 g/mol. The van der Waals surface area contributed by atoms with Gasteiger partial charge >= 0.3 is 0 Å². The fourth-order valence-electron chi connectivity index (χ4n) is 1.73. The second-order valence-electron chi connectivity index (χ2n) is 4.17. The SMILES string of the molecule is CCCOCCOc1cc(C)nc(C)c1/C(N)=N/O. The van der Waals surface area contributed by atoms with E-state index in [4.69, 9.17) is 20.4 Å². The molecule has 19 heavy (non-hydrogen) atoms. The highest BCUT2D eigenvalue weighted by molar-refractivity contribution is 6.00. The maximum atomic E-state index is 8.80. The number of nitrogens with zero attached hydrogens (tertiary/aromatic N) is 2. The number of hydrogen-bond donors (Lipinski definition) is 2. The minimum absolute atomic E-state index is 0.00511. The summed E-state index contributed by atoms with van der Waals surface area (Å²) in [5, 5.41) is 11.8. The molecule has 0 radical (unpaired) electrons. The Balaban J connectivity index is 2.80. The predicted molar refractivity (Wildman–Crippen MR) is 72.8 cm³/mol. The molecule has 0 fully saturated rings. The van der Waals surface area contributed by atoms with Gasteiger partial charge in [-0.05, 0) is 20.3 Å². The van der Waals surface area contributed by atoms with Gasteiger partial charge < -0.3 is 20.4 Å². The molecule has 0 bridgehead atoms. The normalized spacial score (nSPS) is 11.6. The van der Waals surface area contributed by atoms with Crippen LogP contribution in [0.5, 0.6) is 5.75 Å². The zero-order chi connectivity index (χ0) is 14.3. The van der Waals surface area contributed by atoms with Crippen LogP contribution in [0, 0.1) is 13.8 Å². The van der Waals surface area contributed by atoms with Crippen LogP contribution in [0.3, 0.4) is 0 Å². The van der Waals surface area contributed by atoms with Gasteiger partial charge in [-0.25, -0.2) is 0 Å². The summed E-state index contributed by atoms with van der Waals surface area (Å²) in [4.78, 5) is 4.28. The fourth-order valence-corrected chi connectivity index (χ4v) is 1.73. The Bertz CT molecular complexity index is 447. The lowest BCUT2D eigenvalue weighted by atomic mass is 10.1. The Morgan fingerprint density at radius 1 is 1.37 bits per heavy atom. The smallest absolute Gasteiger partial charge is 0.175 e. The lowest BCUT2D eigenvalue weighted by molar-refractivity contribution is 0.100. The number of aryl methyl sites for hydroxylation is 2. The van der Waals surface area contributed by atoms with Crippen LogP contribution >= 0.6 is 0 Å². The van der Waals surface area contributed by atoms with Crippen molar-refractivity contribution in [3.8, 4) is 5.75 Å². The highest BCUT2D eigenvalue weighted by Gasteiger charge is 2.14. The number of nitrogens with two attached hydrogens (primary N) is 1. The summed E-state index contributed by atoms with van der Waals surface area (Å²) in [6.07, 6.45) is 0.975.